The van der Waals surface area contributed by atoms with Gasteiger partial charge in [0.15, 0.2) is 71.5 Å². The zero-order valence-electron chi connectivity index (χ0n) is 87.6. The zero-order chi connectivity index (χ0) is 96.3. The van der Waals surface area contributed by atoms with E-state index in [1.807, 2.05) is 36.4 Å². The largest absolute Gasteiger partial charge is 1.00 e. The molecule has 8 aromatic carbocycles. The summed E-state index contributed by atoms with van der Waals surface area (Å²) >= 11 is 38.0. The summed E-state index contributed by atoms with van der Waals surface area (Å²) in [5.74, 6) is 0. The Morgan fingerprint density at radius 2 is 0.438 bits per heavy atom. The fourth-order valence-corrected chi connectivity index (χ4v) is 21.9. The average molecular weight is 3180 g/mol. The topological polar surface area (TPSA) is 33.6 Å². The summed E-state index contributed by atoms with van der Waals surface area (Å²) in [6, 6.07) is 69.0. The van der Waals surface area contributed by atoms with Crippen LogP contribution in [-0.2, 0) is 58.7 Å². The Kier molecular flexibility index (Phi) is 54.2. The van der Waals surface area contributed by atoms with Crippen LogP contribution in [0.25, 0.3) is 21.8 Å². The molecule has 0 amide bonds. The highest BCUT2D eigenvalue weighted by Gasteiger charge is 2.49. The second kappa shape index (κ2) is 58.1. The molecule has 144 heavy (non-hydrogen) atoms. The van der Waals surface area contributed by atoms with Gasteiger partial charge in [-0.2, -0.15) is 36.6 Å². The molecule has 12 aromatic rings. The lowest BCUT2D eigenvalue weighted by molar-refractivity contribution is -0.708. The number of rotatable bonds is 25. The normalized spacial score (nSPS) is 15.1. The van der Waals surface area contributed by atoms with Gasteiger partial charge in [-0.15, -0.1) is 0 Å². The van der Waals surface area contributed by atoms with Crippen LogP contribution in [0.2, 0.25) is 30.1 Å². The third-order valence-corrected chi connectivity index (χ3v) is 32.9. The number of hydrogen-bond donors (Lipinski definition) is 0. The molecule has 778 valence electrons. The van der Waals surface area contributed by atoms with Gasteiger partial charge < -0.3 is 240 Å². The van der Waals surface area contributed by atoms with Crippen LogP contribution in [0.5, 0.6) is 0 Å². The van der Waals surface area contributed by atoms with Crippen molar-refractivity contribution in [3.05, 3.63) is 317 Å². The number of pyridine rings is 4. The minimum Gasteiger partial charge on any atom is -1.00 e. The van der Waals surface area contributed by atoms with Crippen LogP contribution in [0.4, 0.5) is 34.1 Å². The number of fused-ring (bicyclic) bond motifs is 8. The fraction of sp³-hybridized carbons (Fsp3) is 0.407. The van der Waals surface area contributed by atoms with Crippen LogP contribution in [0.15, 0.2) is 231 Å². The number of unbranched alkanes of at least 4 members (excludes halogenated alkanes) is 5. The molecule has 0 N–H and O–H groups in total. The molecule has 0 saturated heterocycles. The van der Waals surface area contributed by atoms with E-state index < -0.39 is 0 Å². The molecule has 0 saturated carbocycles. The SMILES string of the molecule is CC1=[N+](CCCC[N+]2=C(C)C(C)(C)c3cc(Cl)c(Cl)cc32)c2cc(Cl)c(Cl)cc2C1(C)C.CC1=[N+](CCCC[N+]2=C(C)C(C)(C)c3ccc(Cl)cc32)c2cc(Cl)ccc2C1(C)C.CC1=[N+](CCCC[N+]2=C(C)C(C)(C)c3ccccc32)c2ccccc2C1(C)C.Cc1cc[n+](CCCC[n+]2ccc(C)c3ccccc32)c2ccccc12.Cc1cc[n+](CCCC[n+]2ccc(C)cc2)cc1.[I-].[I-].[I-].[I-].[I-].[I-].[I-].[I-].[I-].[I-]. The van der Waals surface area contributed by atoms with Crippen molar-refractivity contribution in [1.29, 1.82) is 0 Å². The molecule has 0 spiro atoms. The van der Waals surface area contributed by atoms with Gasteiger partial charge in [0.05, 0.1) is 52.6 Å². The van der Waals surface area contributed by atoms with E-state index in [0.29, 0.717) is 20.1 Å². The minimum absolute atomic E-state index is 0. The van der Waals surface area contributed by atoms with Crippen LogP contribution in [0, 0.1) is 27.7 Å². The van der Waals surface area contributed by atoms with Crippen molar-refractivity contribution in [3.63, 3.8) is 0 Å². The molecule has 0 aliphatic carbocycles. The van der Waals surface area contributed by atoms with Gasteiger partial charge in [0.1, 0.15) is 65.4 Å². The summed E-state index contributed by atoms with van der Waals surface area (Å²) in [7, 11) is 0. The van der Waals surface area contributed by atoms with Crippen molar-refractivity contribution in [3.8, 4) is 0 Å². The summed E-state index contributed by atoms with van der Waals surface area (Å²) in [6.07, 6.45) is 24.7. The lowest BCUT2D eigenvalue weighted by atomic mass is 9.82. The molecular formula is C118H144Cl6I10N10. The Morgan fingerprint density at radius 3 is 0.736 bits per heavy atom. The minimum atomic E-state index is -0.0537. The lowest BCUT2D eigenvalue weighted by Crippen LogP contribution is -3.00. The van der Waals surface area contributed by atoms with E-state index in [0.717, 1.165) is 101 Å². The van der Waals surface area contributed by atoms with Crippen LogP contribution >= 0.6 is 69.6 Å². The van der Waals surface area contributed by atoms with Crippen molar-refractivity contribution in [2.75, 3.05) is 39.3 Å². The first-order chi connectivity index (χ1) is 63.6. The third kappa shape index (κ3) is 29.8. The molecule has 0 bridgehead atoms. The number of aryl methyl sites for hydroxylation is 8. The molecule has 6 aliphatic heterocycles. The van der Waals surface area contributed by atoms with E-state index >= 15 is 0 Å². The van der Waals surface area contributed by atoms with Crippen LogP contribution in [-0.4, -0.2) is 101 Å². The van der Waals surface area contributed by atoms with Crippen LogP contribution < -0.4 is 258 Å². The first-order valence-electron chi connectivity index (χ1n) is 48.8. The molecule has 10 nitrogen and oxygen atoms in total. The van der Waals surface area contributed by atoms with Gasteiger partial charge in [0.25, 0.3) is 0 Å². The molecule has 0 fully saturated rings. The summed E-state index contributed by atoms with van der Waals surface area (Å²) in [5, 5.41) is 6.78. The second-order valence-electron chi connectivity index (χ2n) is 41.3. The molecule has 26 heteroatoms. The smallest absolute Gasteiger partial charge is 0.212 e. The van der Waals surface area contributed by atoms with Gasteiger partial charge in [0.2, 0.25) is 45.2 Å². The maximum Gasteiger partial charge on any atom is 0.212 e. The summed E-state index contributed by atoms with van der Waals surface area (Å²) in [4.78, 5) is 0. The van der Waals surface area contributed by atoms with E-state index in [1.165, 1.54) is 184 Å². The highest BCUT2D eigenvalue weighted by atomic mass is 127. The van der Waals surface area contributed by atoms with Crippen molar-refractivity contribution in [2.24, 2.45) is 0 Å². The first kappa shape index (κ1) is 134. The molecule has 10 heterocycles. The zero-order valence-corrected chi connectivity index (χ0v) is 114. The Balaban J connectivity index is 0.000000372. The van der Waals surface area contributed by atoms with E-state index in [4.69, 9.17) is 69.6 Å². The standard InChI is InChI=1S/C26H30Cl4N2.C26H32Cl2N2.C26H34N2.C24H26N2.C16H22N2.10HI/c1-15-25(3,4)17-11-19(27)21(29)13-23(17)31(15)9-7-8-10-32-16(2)26(5,6)18-12-20(28)22(30)14-24(18)32;1-17-25(3,4)21-11-9-19(27)15-23(21)29(17)13-7-8-14-30-18(2)26(5,6)22-12-10-20(28)16-24(22)30;1-19-25(3,4)21-13-7-9-15-23(21)27(19)17-11-12-18-28-20(2)26(5,6)22-14-8-10-16-24(22)28;1-19-13-17-25(23-11-5-3-9-21(19)23)15-7-8-16-26-18-14-20(2)22-10-4-6-12-24(22)26;1-15-5-11-17(12-6-15)9-3-4-10-18-13-7-16(2)8-14-18;;;;;;;;;;/h11-14H,7-10H2,1-6H3;9-12,15-16H,7-8,13-14H2,1-6H3;7-10,13-16H,11-12,17-18H2,1-6H3;3-6,9-14,17-18H,7-8,15-16H2,1-2H3;5-8,11-14H,3-4,9-10H2,1-2H3;10*1H/q5*+2;;;;;;;;;;/p-10. The molecule has 0 unspecified atom stereocenters. The van der Waals surface area contributed by atoms with E-state index in [-0.39, 0.29) is 272 Å². The number of nitrogens with zero attached hydrogens (tertiary/aromatic N) is 10. The highest BCUT2D eigenvalue weighted by Crippen LogP contribution is 2.49. The van der Waals surface area contributed by atoms with Crippen molar-refractivity contribution >= 4 is 160 Å². The van der Waals surface area contributed by atoms with E-state index in [2.05, 4.69) is 393 Å². The second-order valence-corrected chi connectivity index (χ2v) is 43.8. The monoisotopic (exact) mass is 3180 g/mol. The number of hydrogen-bond acceptors (Lipinski definition) is 0. The number of halogens is 16. The predicted octanol–water partition coefficient (Wildman–Crippen LogP) is -1.14. The first-order valence-corrected chi connectivity index (χ1v) is 51.1. The van der Waals surface area contributed by atoms with Crippen molar-refractivity contribution in [2.45, 2.75) is 275 Å². The molecule has 0 radical (unpaired) electrons. The van der Waals surface area contributed by atoms with Gasteiger partial charge >= 0.3 is 0 Å². The maximum absolute atomic E-state index is 6.36. The Bertz CT molecular complexity index is 6290. The summed E-state index contributed by atoms with van der Waals surface area (Å²) in [5.41, 5.74) is 32.6. The van der Waals surface area contributed by atoms with Crippen LogP contribution in [0.1, 0.15) is 244 Å². The Hall–Kier alpha value is -2.06. The van der Waals surface area contributed by atoms with Crippen molar-refractivity contribution in [1.82, 2.24) is 0 Å². The summed E-state index contributed by atoms with van der Waals surface area (Å²) in [6.45, 7) is 60.3. The number of para-hydroxylation sites is 4. The van der Waals surface area contributed by atoms with E-state index in [1.54, 1.807) is 0 Å². The molecule has 0 atom stereocenters. The highest BCUT2D eigenvalue weighted by molar-refractivity contribution is 6.43. The Morgan fingerprint density at radius 1 is 0.208 bits per heavy atom. The van der Waals surface area contributed by atoms with Crippen LogP contribution in [0.3, 0.4) is 0 Å². The van der Waals surface area contributed by atoms with E-state index in [9.17, 15) is 0 Å². The maximum atomic E-state index is 6.36. The fourth-order valence-electron chi connectivity index (χ4n) is 20.9. The molecular weight excluding hydrogens is 3040 g/mol. The van der Waals surface area contributed by atoms with Gasteiger partial charge in [0, 0.05) is 245 Å². The van der Waals surface area contributed by atoms with Gasteiger partial charge in [-0.3, -0.25) is 0 Å². The number of benzene rings is 8. The predicted molar refractivity (Wildman–Crippen MR) is 566 cm³/mol. The number of aromatic nitrogens is 4. The lowest BCUT2D eigenvalue weighted by Gasteiger charge is -2.15. The Labute approximate surface area is 1060 Å². The average Bonchev–Trinajstić information content (AvgIpc) is 1.54. The van der Waals surface area contributed by atoms with Gasteiger partial charge in [-0.1, -0.05) is 130 Å². The molecule has 6 aliphatic rings. The van der Waals surface area contributed by atoms with Gasteiger partial charge in [-0.05, 0) is 182 Å². The van der Waals surface area contributed by atoms with Crippen molar-refractivity contribution < 1.29 is 285 Å². The van der Waals surface area contributed by atoms with Gasteiger partial charge in [-0.25, -0.2) is 9.13 Å². The molecule has 4 aromatic heterocycles. The summed E-state index contributed by atoms with van der Waals surface area (Å²) < 4.78 is 24.1. The quantitative estimate of drug-likeness (QED) is 0.0395. The third-order valence-electron chi connectivity index (χ3n) is 31.0. The molecule has 18 rings (SSSR count).